The number of aliphatic hydroxyl groups is 1. The van der Waals surface area contributed by atoms with Crippen LogP contribution in [0.15, 0.2) is 104 Å². The Bertz CT molecular complexity index is 1810. The fraction of sp³-hybridized carbons (Fsp3) is 0.381. The molecular formula is C42H47N3O7. The normalized spacial score (nSPS) is 24.1. The van der Waals surface area contributed by atoms with Crippen LogP contribution in [0.3, 0.4) is 0 Å². The number of benzene rings is 3. The highest BCUT2D eigenvalue weighted by molar-refractivity contribution is 6.05. The Balaban J connectivity index is 1.39. The average molecular weight is 706 g/mol. The molecule has 272 valence electrons. The molecule has 2 bridgehead atoms. The molecule has 0 radical (unpaired) electrons. The first kappa shape index (κ1) is 36.7. The fourth-order valence-corrected chi connectivity index (χ4v) is 8.24. The van der Waals surface area contributed by atoms with Gasteiger partial charge in [-0.2, -0.15) is 0 Å². The van der Waals surface area contributed by atoms with Crippen LogP contribution in [0.5, 0.6) is 0 Å². The van der Waals surface area contributed by atoms with E-state index in [9.17, 15) is 19.5 Å². The second-order valence-electron chi connectivity index (χ2n) is 13.9. The van der Waals surface area contributed by atoms with Gasteiger partial charge in [-0.3, -0.25) is 19.2 Å². The van der Waals surface area contributed by atoms with Gasteiger partial charge in [0.2, 0.25) is 11.8 Å². The molecule has 3 amide bonds. The van der Waals surface area contributed by atoms with Gasteiger partial charge in [0, 0.05) is 18.7 Å². The molecule has 7 atom stereocenters. The molecule has 1 spiro atoms. The lowest BCUT2D eigenvalue weighted by atomic mass is 9.70. The summed E-state index contributed by atoms with van der Waals surface area (Å²) in [5.74, 6) is -3.70. The predicted molar refractivity (Wildman–Crippen MR) is 197 cm³/mol. The van der Waals surface area contributed by atoms with E-state index in [-0.39, 0.29) is 31.3 Å². The summed E-state index contributed by atoms with van der Waals surface area (Å²) < 4.78 is 12.9. The molecule has 3 fully saturated rings. The number of ether oxygens (including phenoxy) is 2. The highest BCUT2D eigenvalue weighted by Crippen LogP contribution is 2.60. The Morgan fingerprint density at radius 3 is 2.38 bits per heavy atom. The van der Waals surface area contributed by atoms with Crippen molar-refractivity contribution >= 4 is 29.4 Å². The van der Waals surface area contributed by atoms with Crippen LogP contribution in [0, 0.1) is 25.7 Å². The van der Waals surface area contributed by atoms with Crippen molar-refractivity contribution in [2.75, 3.05) is 24.6 Å². The van der Waals surface area contributed by atoms with Gasteiger partial charge < -0.3 is 29.7 Å². The van der Waals surface area contributed by atoms with Crippen LogP contribution in [-0.4, -0.2) is 71.1 Å². The number of hydrogen-bond donors (Lipinski definition) is 2. The number of likely N-dealkylation sites (tertiary alicyclic amines) is 1. The van der Waals surface area contributed by atoms with Crippen LogP contribution in [0.25, 0.3) is 0 Å². The molecule has 0 saturated carbocycles. The van der Waals surface area contributed by atoms with Gasteiger partial charge >= 0.3 is 5.97 Å². The number of aliphatic hydroxyl groups excluding tert-OH is 1. The van der Waals surface area contributed by atoms with Crippen molar-refractivity contribution in [3.05, 3.63) is 126 Å². The monoisotopic (exact) mass is 705 g/mol. The van der Waals surface area contributed by atoms with E-state index in [4.69, 9.17) is 9.47 Å². The molecule has 10 nitrogen and oxygen atoms in total. The number of carbonyl (C=O) groups excluding carboxylic acids is 4. The van der Waals surface area contributed by atoms with E-state index in [0.29, 0.717) is 36.1 Å². The zero-order chi connectivity index (χ0) is 37.0. The summed E-state index contributed by atoms with van der Waals surface area (Å²) in [6.45, 7) is 11.2. The zero-order valence-electron chi connectivity index (χ0n) is 29.8. The summed E-state index contributed by atoms with van der Waals surface area (Å²) in [6, 6.07) is 22.0. The third kappa shape index (κ3) is 6.80. The van der Waals surface area contributed by atoms with Crippen molar-refractivity contribution in [3.8, 4) is 0 Å². The highest BCUT2D eigenvalue weighted by atomic mass is 16.6. The maximum atomic E-state index is 15.2. The Morgan fingerprint density at radius 2 is 1.73 bits per heavy atom. The predicted octanol–water partition coefficient (Wildman–Crippen LogP) is 5.30. The first-order valence-corrected chi connectivity index (χ1v) is 17.9. The van der Waals surface area contributed by atoms with Gasteiger partial charge in [-0.05, 0) is 61.4 Å². The largest absolute Gasteiger partial charge is 0.455 e. The molecule has 3 aliphatic rings. The number of amides is 3. The van der Waals surface area contributed by atoms with Gasteiger partial charge in [-0.15, -0.1) is 13.2 Å². The minimum absolute atomic E-state index is 0.0356. The molecule has 6 rings (SSSR count). The molecule has 3 saturated heterocycles. The van der Waals surface area contributed by atoms with E-state index in [2.05, 4.69) is 18.5 Å². The van der Waals surface area contributed by atoms with E-state index >= 15 is 4.79 Å². The van der Waals surface area contributed by atoms with Crippen LogP contribution in [0.1, 0.15) is 60.1 Å². The maximum Gasteiger partial charge on any atom is 0.313 e. The van der Waals surface area contributed by atoms with E-state index < -0.39 is 60.2 Å². The molecule has 3 aromatic rings. The van der Waals surface area contributed by atoms with Crippen molar-refractivity contribution in [2.45, 2.75) is 69.4 Å². The molecule has 0 unspecified atom stereocenters. The zero-order valence-corrected chi connectivity index (χ0v) is 29.8. The number of rotatable bonds is 15. The lowest BCUT2D eigenvalue weighted by Gasteiger charge is -2.39. The summed E-state index contributed by atoms with van der Waals surface area (Å²) in [4.78, 5) is 60.1. The van der Waals surface area contributed by atoms with Crippen LogP contribution < -0.4 is 10.2 Å². The fourth-order valence-electron chi connectivity index (χ4n) is 8.24. The van der Waals surface area contributed by atoms with Crippen molar-refractivity contribution in [3.63, 3.8) is 0 Å². The second-order valence-corrected chi connectivity index (χ2v) is 13.9. The van der Waals surface area contributed by atoms with Crippen molar-refractivity contribution in [1.29, 1.82) is 0 Å². The molecule has 3 aliphatic heterocycles. The molecule has 10 heteroatoms. The lowest BCUT2D eigenvalue weighted by Crippen LogP contribution is -2.57. The van der Waals surface area contributed by atoms with E-state index in [1.54, 1.807) is 17.1 Å². The number of fused-ring (bicyclic) bond motifs is 1. The number of nitrogens with one attached hydrogen (secondary N) is 1. The average Bonchev–Trinajstić information content (AvgIpc) is 3.81. The molecule has 2 N–H and O–H groups in total. The molecule has 3 aromatic carbocycles. The Labute approximate surface area is 305 Å². The Morgan fingerprint density at radius 1 is 1.04 bits per heavy atom. The van der Waals surface area contributed by atoms with Gasteiger partial charge in [0.25, 0.3) is 5.91 Å². The number of aryl methyl sites for hydroxylation is 2. The van der Waals surface area contributed by atoms with E-state index in [1.165, 1.54) is 4.90 Å². The number of hydrogen-bond acceptors (Lipinski definition) is 7. The van der Waals surface area contributed by atoms with Gasteiger partial charge in [0.15, 0.2) is 0 Å². The smallest absolute Gasteiger partial charge is 0.313 e. The van der Waals surface area contributed by atoms with Gasteiger partial charge in [-0.1, -0.05) is 84.9 Å². The van der Waals surface area contributed by atoms with Crippen LogP contribution in [-0.2, 0) is 28.7 Å². The Kier molecular flexibility index (Phi) is 11.1. The third-order valence-electron chi connectivity index (χ3n) is 10.7. The van der Waals surface area contributed by atoms with Gasteiger partial charge in [0.1, 0.15) is 17.7 Å². The first-order chi connectivity index (χ1) is 25.1. The highest BCUT2D eigenvalue weighted by Gasteiger charge is 2.76. The number of anilines is 1. The summed E-state index contributed by atoms with van der Waals surface area (Å²) in [6.07, 6.45) is 3.39. The Hall–Kier alpha value is -5.06. The topological polar surface area (TPSA) is 125 Å². The number of allylic oxidation sites excluding steroid dienone is 1. The summed E-state index contributed by atoms with van der Waals surface area (Å²) in [5.41, 5.74) is 2.50. The van der Waals surface area contributed by atoms with E-state index in [0.717, 1.165) is 11.1 Å². The first-order valence-electron chi connectivity index (χ1n) is 17.9. The summed E-state index contributed by atoms with van der Waals surface area (Å²) in [7, 11) is 0. The van der Waals surface area contributed by atoms with Crippen molar-refractivity contribution in [2.24, 2.45) is 11.8 Å². The molecule has 0 aliphatic carbocycles. The van der Waals surface area contributed by atoms with Gasteiger partial charge in [-0.25, -0.2) is 0 Å². The third-order valence-corrected chi connectivity index (χ3v) is 10.7. The molecular weight excluding hydrogens is 658 g/mol. The SMILES string of the molecule is C=CCCC(=O)NC[C@@H](OC(=O)[C@@H]1[C@@H]2CC[C@]3(O2)[C@H](C(=O)N(CC=C)c2cc(C)ccc2C)N([C@H](CO)c2ccccc2)C(=O)[C@@H]13)c1ccccc1. The second kappa shape index (κ2) is 15.7. The van der Waals surface area contributed by atoms with Crippen LogP contribution in [0.4, 0.5) is 5.69 Å². The van der Waals surface area contributed by atoms with Crippen molar-refractivity contribution in [1.82, 2.24) is 10.2 Å². The minimum Gasteiger partial charge on any atom is -0.455 e. The number of esters is 1. The molecule has 52 heavy (non-hydrogen) atoms. The van der Waals surface area contributed by atoms with Crippen LogP contribution >= 0.6 is 0 Å². The standard InChI is InChI=1S/C42H47N3O7/c1-5-7-18-35(47)43-25-34(30-16-12-9-13-17-30)51-41(50)36-33-21-22-42(52-33)37(36)39(48)45(32(26-46)29-14-10-8-11-15-29)38(42)40(49)44(23-6-2)31-24-27(3)19-20-28(31)4/h5-6,8-17,19-20,24,32-34,36-38,46H,1-2,7,18,21-23,25-26H2,3-4H3,(H,43,47)/t32-,33+,34-,36-,37-,38+,42-/m1/s1. The maximum absolute atomic E-state index is 15.2. The quantitative estimate of drug-likeness (QED) is 0.163. The molecule has 3 heterocycles. The lowest BCUT2D eigenvalue weighted by molar-refractivity contribution is -0.161. The van der Waals surface area contributed by atoms with Crippen LogP contribution in [0.2, 0.25) is 0 Å². The number of carbonyl (C=O) groups is 4. The number of nitrogens with zero attached hydrogens (tertiary/aromatic N) is 2. The van der Waals surface area contributed by atoms with E-state index in [1.807, 2.05) is 92.7 Å². The minimum atomic E-state index is -1.34. The van der Waals surface area contributed by atoms with Crippen molar-refractivity contribution < 1.29 is 33.8 Å². The molecule has 0 aromatic heterocycles. The summed E-state index contributed by atoms with van der Waals surface area (Å²) >= 11 is 0. The summed E-state index contributed by atoms with van der Waals surface area (Å²) in [5, 5.41) is 13.8. The van der Waals surface area contributed by atoms with Gasteiger partial charge in [0.05, 0.1) is 37.1 Å².